The molecule has 0 fully saturated rings. The maximum atomic E-state index is 5.94. The first kappa shape index (κ1) is 18.6. The molecule has 110 valence electrons. The Morgan fingerprint density at radius 2 is 1.22 bits per heavy atom. The van der Waals surface area contributed by atoms with Crippen LogP contribution in [0.1, 0.15) is 72.1 Å². The average Bonchev–Trinajstić information content (AvgIpc) is 2.38. The summed E-state index contributed by atoms with van der Waals surface area (Å²) in [5.74, 6) is 0. The van der Waals surface area contributed by atoms with Crippen molar-refractivity contribution in [3.63, 3.8) is 0 Å². The van der Waals surface area contributed by atoms with Gasteiger partial charge in [-0.25, -0.2) is 0 Å². The van der Waals surface area contributed by atoms with E-state index in [0.29, 0.717) is 0 Å². The summed E-state index contributed by atoms with van der Waals surface area (Å²) in [7, 11) is -2.05. The molecule has 0 saturated carbocycles. The first-order chi connectivity index (χ1) is 8.68. The van der Waals surface area contributed by atoms with Crippen LogP contribution in [0.2, 0.25) is 6.04 Å². The molecule has 18 heavy (non-hydrogen) atoms. The summed E-state index contributed by atoms with van der Waals surface area (Å²) in [6.45, 7) is 8.18. The normalized spacial score (nSPS) is 12.0. The minimum atomic E-state index is -2.05. The SMILES string of the molecule is CCCCCCCC[Si](Br)(OCCC)OCCC. The van der Waals surface area contributed by atoms with Gasteiger partial charge in [-0.2, -0.15) is 0 Å². The van der Waals surface area contributed by atoms with Crippen molar-refractivity contribution in [2.45, 2.75) is 78.2 Å². The van der Waals surface area contributed by atoms with Crippen molar-refractivity contribution in [3.8, 4) is 0 Å². The van der Waals surface area contributed by atoms with Gasteiger partial charge >= 0.3 is 7.18 Å². The van der Waals surface area contributed by atoms with Crippen LogP contribution in [0.5, 0.6) is 0 Å². The van der Waals surface area contributed by atoms with Crippen LogP contribution in [0.3, 0.4) is 0 Å². The number of hydrogen-bond donors (Lipinski definition) is 0. The molecule has 0 unspecified atom stereocenters. The number of hydrogen-bond acceptors (Lipinski definition) is 2. The van der Waals surface area contributed by atoms with Crippen molar-refractivity contribution >= 4 is 22.5 Å². The lowest BCUT2D eigenvalue weighted by Crippen LogP contribution is -2.36. The third-order valence-electron chi connectivity index (χ3n) is 2.87. The Bertz CT molecular complexity index is 171. The molecule has 0 amide bonds. The molecule has 0 aliphatic carbocycles. The summed E-state index contributed by atoms with van der Waals surface area (Å²) in [5.41, 5.74) is 0. The number of halogens is 1. The highest BCUT2D eigenvalue weighted by atomic mass is 79.9. The lowest BCUT2D eigenvalue weighted by molar-refractivity contribution is 0.189. The molecule has 0 saturated heterocycles. The van der Waals surface area contributed by atoms with Crippen molar-refractivity contribution in [2.75, 3.05) is 13.2 Å². The zero-order chi connectivity index (χ0) is 13.7. The zero-order valence-corrected chi connectivity index (χ0v) is 15.1. The lowest BCUT2D eigenvalue weighted by atomic mass is 10.1. The van der Waals surface area contributed by atoms with Gasteiger partial charge in [-0.1, -0.05) is 74.6 Å². The second-order valence-electron chi connectivity index (χ2n) is 4.87. The largest absolute Gasteiger partial charge is 0.414 e. The summed E-state index contributed by atoms with van der Waals surface area (Å²) in [6.07, 6.45) is 10.1. The Morgan fingerprint density at radius 1 is 0.722 bits per heavy atom. The van der Waals surface area contributed by atoms with E-state index < -0.39 is 7.18 Å². The van der Waals surface area contributed by atoms with Gasteiger partial charge in [0.1, 0.15) is 0 Å². The highest BCUT2D eigenvalue weighted by Gasteiger charge is 2.33. The molecule has 0 aliphatic heterocycles. The van der Waals surface area contributed by atoms with E-state index in [9.17, 15) is 0 Å². The lowest BCUT2D eigenvalue weighted by Gasteiger charge is -2.24. The highest BCUT2D eigenvalue weighted by Crippen LogP contribution is 2.25. The molecular weight excluding hydrogens is 308 g/mol. The molecule has 0 rings (SSSR count). The van der Waals surface area contributed by atoms with E-state index in [2.05, 4.69) is 36.1 Å². The molecule has 0 bridgehead atoms. The van der Waals surface area contributed by atoms with Gasteiger partial charge in [0.15, 0.2) is 0 Å². The van der Waals surface area contributed by atoms with Crippen molar-refractivity contribution in [1.29, 1.82) is 0 Å². The molecule has 0 atom stereocenters. The van der Waals surface area contributed by atoms with Crippen molar-refractivity contribution in [2.24, 2.45) is 0 Å². The first-order valence-corrected chi connectivity index (χ1v) is 11.9. The van der Waals surface area contributed by atoms with Gasteiger partial charge in [-0.15, -0.1) is 0 Å². The summed E-state index contributed by atoms with van der Waals surface area (Å²) < 4.78 is 11.9. The minimum Gasteiger partial charge on any atom is -0.386 e. The molecule has 0 heterocycles. The van der Waals surface area contributed by atoms with E-state index in [1.807, 2.05) is 0 Å². The van der Waals surface area contributed by atoms with Gasteiger partial charge in [0.2, 0.25) is 0 Å². The Balaban J connectivity index is 3.77. The predicted octanol–water partition coefficient (Wildman–Crippen LogP) is 5.53. The third-order valence-corrected chi connectivity index (χ3v) is 7.66. The average molecular weight is 339 g/mol. The van der Waals surface area contributed by atoms with Gasteiger partial charge in [0.05, 0.1) is 0 Å². The van der Waals surface area contributed by atoms with Crippen LogP contribution in [0.4, 0.5) is 0 Å². The second kappa shape index (κ2) is 12.6. The van der Waals surface area contributed by atoms with Gasteiger partial charge < -0.3 is 8.85 Å². The van der Waals surface area contributed by atoms with Crippen LogP contribution in [0, 0.1) is 0 Å². The zero-order valence-electron chi connectivity index (χ0n) is 12.5. The summed E-state index contributed by atoms with van der Waals surface area (Å²) in [5, 5.41) is 0. The van der Waals surface area contributed by atoms with Gasteiger partial charge in [-0.05, 0) is 12.8 Å². The predicted molar refractivity (Wildman–Crippen MR) is 85.4 cm³/mol. The maximum Gasteiger partial charge on any atom is 0.414 e. The minimum absolute atomic E-state index is 0.816. The monoisotopic (exact) mass is 338 g/mol. The molecule has 0 radical (unpaired) electrons. The number of unbranched alkanes of at least 4 members (excludes halogenated alkanes) is 5. The standard InChI is InChI=1S/C14H31BrO2Si/c1-4-7-8-9-10-11-14-18(15,16-12-5-2)17-13-6-3/h4-14H2,1-3H3. The van der Waals surface area contributed by atoms with Gasteiger partial charge in [0, 0.05) is 19.3 Å². The van der Waals surface area contributed by atoms with Crippen molar-refractivity contribution < 1.29 is 8.85 Å². The molecule has 2 nitrogen and oxygen atoms in total. The molecule has 0 aromatic heterocycles. The van der Waals surface area contributed by atoms with Gasteiger partial charge in [0.25, 0.3) is 0 Å². The van der Waals surface area contributed by atoms with Gasteiger partial charge in [-0.3, -0.25) is 0 Å². The summed E-state index contributed by atoms with van der Waals surface area (Å²) in [4.78, 5) is 0. The summed E-state index contributed by atoms with van der Waals surface area (Å²) in [6, 6.07) is 1.08. The quantitative estimate of drug-likeness (QED) is 0.249. The molecule has 0 aliphatic rings. The van der Waals surface area contributed by atoms with Crippen LogP contribution >= 0.6 is 15.3 Å². The van der Waals surface area contributed by atoms with Crippen molar-refractivity contribution in [3.05, 3.63) is 0 Å². The molecule has 4 heteroatoms. The van der Waals surface area contributed by atoms with Crippen LogP contribution in [0.25, 0.3) is 0 Å². The molecule has 0 spiro atoms. The van der Waals surface area contributed by atoms with Crippen LogP contribution in [-0.4, -0.2) is 20.4 Å². The number of rotatable bonds is 13. The van der Waals surface area contributed by atoms with Crippen LogP contribution < -0.4 is 0 Å². The fourth-order valence-electron chi connectivity index (χ4n) is 1.81. The van der Waals surface area contributed by atoms with E-state index >= 15 is 0 Å². The van der Waals surface area contributed by atoms with E-state index in [1.54, 1.807) is 0 Å². The fraction of sp³-hybridized carbons (Fsp3) is 1.00. The Kier molecular flexibility index (Phi) is 13.1. The fourth-order valence-corrected chi connectivity index (χ4v) is 5.69. The Labute approximate surface area is 123 Å². The third kappa shape index (κ3) is 10.5. The van der Waals surface area contributed by atoms with Crippen LogP contribution in [0.15, 0.2) is 0 Å². The van der Waals surface area contributed by atoms with E-state index in [-0.39, 0.29) is 0 Å². The Hall–Kier alpha value is 0.617. The van der Waals surface area contributed by atoms with E-state index in [4.69, 9.17) is 8.85 Å². The molecule has 0 N–H and O–H groups in total. The maximum absolute atomic E-state index is 5.94. The molecular formula is C14H31BrO2Si. The van der Waals surface area contributed by atoms with Crippen LogP contribution in [-0.2, 0) is 8.85 Å². The Morgan fingerprint density at radius 3 is 1.72 bits per heavy atom. The summed E-state index contributed by atoms with van der Waals surface area (Å²) >= 11 is 3.76. The second-order valence-corrected chi connectivity index (χ2v) is 10.9. The van der Waals surface area contributed by atoms with E-state index in [0.717, 1.165) is 32.1 Å². The molecule has 0 aromatic rings. The topological polar surface area (TPSA) is 18.5 Å². The smallest absolute Gasteiger partial charge is 0.386 e. The highest BCUT2D eigenvalue weighted by molar-refractivity contribution is 9.25. The molecule has 0 aromatic carbocycles. The van der Waals surface area contributed by atoms with E-state index in [1.165, 1.54) is 38.5 Å². The first-order valence-electron chi connectivity index (χ1n) is 7.65. The van der Waals surface area contributed by atoms with Crippen molar-refractivity contribution in [1.82, 2.24) is 0 Å².